The molecule has 6 heteroatoms. The summed E-state index contributed by atoms with van der Waals surface area (Å²) in [4.78, 5) is 12.1. The molecule has 0 aliphatic carbocycles. The number of amides is 1. The Balaban J connectivity index is 2.01. The van der Waals surface area contributed by atoms with Crippen LogP contribution in [-0.4, -0.2) is 20.4 Å². The molecule has 0 radical (unpaired) electrons. The van der Waals surface area contributed by atoms with E-state index in [1.807, 2.05) is 31.2 Å². The number of rotatable bonds is 6. The van der Waals surface area contributed by atoms with E-state index in [1.54, 1.807) is 32.1 Å². The van der Waals surface area contributed by atoms with Crippen LogP contribution in [0.1, 0.15) is 25.0 Å². The van der Waals surface area contributed by atoms with Crippen molar-refractivity contribution in [1.82, 2.24) is 4.72 Å². The molecule has 132 valence electrons. The maximum absolute atomic E-state index is 12.0. The van der Waals surface area contributed by atoms with Gasteiger partial charge >= 0.3 is 0 Å². The lowest BCUT2D eigenvalue weighted by atomic mass is 10.1. The van der Waals surface area contributed by atoms with Crippen LogP contribution in [0.25, 0.3) is 6.08 Å². The van der Waals surface area contributed by atoms with Gasteiger partial charge < -0.3 is 5.32 Å². The first-order chi connectivity index (χ1) is 11.8. The van der Waals surface area contributed by atoms with Gasteiger partial charge in [-0.15, -0.1) is 0 Å². The summed E-state index contributed by atoms with van der Waals surface area (Å²) < 4.78 is 26.6. The number of aryl methyl sites for hydroxylation is 1. The van der Waals surface area contributed by atoms with E-state index in [0.29, 0.717) is 5.69 Å². The van der Waals surface area contributed by atoms with Crippen molar-refractivity contribution < 1.29 is 13.2 Å². The monoisotopic (exact) mass is 358 g/mol. The molecule has 0 spiro atoms. The van der Waals surface area contributed by atoms with E-state index in [9.17, 15) is 13.2 Å². The van der Waals surface area contributed by atoms with E-state index in [1.165, 1.54) is 18.2 Å². The lowest BCUT2D eigenvalue weighted by molar-refractivity contribution is -0.111. The highest BCUT2D eigenvalue weighted by molar-refractivity contribution is 7.89. The zero-order valence-electron chi connectivity index (χ0n) is 14.5. The number of anilines is 1. The zero-order valence-corrected chi connectivity index (χ0v) is 15.3. The smallest absolute Gasteiger partial charge is 0.248 e. The van der Waals surface area contributed by atoms with Gasteiger partial charge in [-0.2, -0.15) is 0 Å². The Morgan fingerprint density at radius 3 is 2.16 bits per heavy atom. The van der Waals surface area contributed by atoms with Gasteiger partial charge in [0.25, 0.3) is 0 Å². The van der Waals surface area contributed by atoms with E-state index in [2.05, 4.69) is 10.0 Å². The number of nitrogens with one attached hydrogen (secondary N) is 2. The van der Waals surface area contributed by atoms with Gasteiger partial charge in [-0.3, -0.25) is 4.79 Å². The molecular weight excluding hydrogens is 336 g/mol. The Bertz CT molecular complexity index is 853. The fourth-order valence-corrected chi connectivity index (χ4v) is 3.38. The molecule has 0 atom stereocenters. The van der Waals surface area contributed by atoms with Crippen LogP contribution in [0.5, 0.6) is 0 Å². The molecule has 2 rings (SSSR count). The minimum atomic E-state index is -3.53. The van der Waals surface area contributed by atoms with E-state index >= 15 is 0 Å². The first kappa shape index (κ1) is 18.9. The molecule has 0 fully saturated rings. The molecule has 25 heavy (non-hydrogen) atoms. The summed E-state index contributed by atoms with van der Waals surface area (Å²) in [5.74, 6) is -0.281. The van der Waals surface area contributed by atoms with Gasteiger partial charge in [-0.25, -0.2) is 13.1 Å². The Kier molecular flexibility index (Phi) is 6.12. The second kappa shape index (κ2) is 8.09. The number of hydrogen-bond donors (Lipinski definition) is 2. The zero-order chi connectivity index (χ0) is 18.4. The van der Waals surface area contributed by atoms with Crippen LogP contribution >= 0.6 is 0 Å². The van der Waals surface area contributed by atoms with Crippen molar-refractivity contribution in [3.05, 3.63) is 65.7 Å². The molecule has 0 saturated heterocycles. The fourth-order valence-electron chi connectivity index (χ4n) is 2.13. The van der Waals surface area contributed by atoms with E-state index in [-0.39, 0.29) is 16.8 Å². The van der Waals surface area contributed by atoms with Crippen LogP contribution in [0.4, 0.5) is 5.69 Å². The summed E-state index contributed by atoms with van der Waals surface area (Å²) >= 11 is 0. The van der Waals surface area contributed by atoms with Crippen LogP contribution < -0.4 is 10.0 Å². The number of hydrogen-bond acceptors (Lipinski definition) is 3. The van der Waals surface area contributed by atoms with E-state index < -0.39 is 10.0 Å². The van der Waals surface area contributed by atoms with Crippen LogP contribution in [0, 0.1) is 6.92 Å². The molecule has 0 heterocycles. The molecule has 2 aromatic rings. The summed E-state index contributed by atoms with van der Waals surface area (Å²) in [7, 11) is -3.53. The van der Waals surface area contributed by atoms with Crippen molar-refractivity contribution in [2.24, 2.45) is 0 Å². The Labute approximate surface area is 148 Å². The second-order valence-corrected chi connectivity index (χ2v) is 7.75. The van der Waals surface area contributed by atoms with Crippen LogP contribution in [-0.2, 0) is 14.8 Å². The molecule has 1 amide bonds. The van der Waals surface area contributed by atoms with E-state index in [4.69, 9.17) is 0 Å². The summed E-state index contributed by atoms with van der Waals surface area (Å²) in [5, 5.41) is 2.70. The Hall–Kier alpha value is -2.44. The molecule has 0 bridgehead atoms. The van der Waals surface area contributed by atoms with Crippen LogP contribution in [0.15, 0.2) is 59.5 Å². The lowest BCUT2D eigenvalue weighted by Crippen LogP contribution is -2.30. The summed E-state index contributed by atoms with van der Waals surface area (Å²) in [6.45, 7) is 5.51. The van der Waals surface area contributed by atoms with Crippen molar-refractivity contribution in [3.8, 4) is 0 Å². The maximum atomic E-state index is 12.0. The molecule has 2 N–H and O–H groups in total. The Morgan fingerprint density at radius 1 is 1.00 bits per heavy atom. The molecule has 0 aromatic heterocycles. The van der Waals surface area contributed by atoms with Gasteiger partial charge in [0.15, 0.2) is 0 Å². The SMILES string of the molecule is Cc1ccc(/C=C/C(=O)Nc2ccc(S(=O)(=O)NC(C)C)cc2)cc1. The minimum absolute atomic E-state index is 0.161. The fraction of sp³-hybridized carbons (Fsp3) is 0.211. The van der Waals surface area contributed by atoms with Crippen molar-refractivity contribution in [3.63, 3.8) is 0 Å². The molecule has 0 aliphatic rings. The highest BCUT2D eigenvalue weighted by atomic mass is 32.2. The first-order valence-electron chi connectivity index (χ1n) is 7.94. The molecular formula is C19H22N2O3S. The molecule has 2 aromatic carbocycles. The number of carbonyl (C=O) groups excluding carboxylic acids is 1. The molecule has 0 unspecified atom stereocenters. The van der Waals surface area contributed by atoms with Gasteiger partial charge in [-0.1, -0.05) is 29.8 Å². The third kappa shape index (κ3) is 5.85. The minimum Gasteiger partial charge on any atom is -0.323 e. The third-order valence-electron chi connectivity index (χ3n) is 3.33. The highest BCUT2D eigenvalue weighted by Gasteiger charge is 2.14. The lowest BCUT2D eigenvalue weighted by Gasteiger charge is -2.10. The summed E-state index contributed by atoms with van der Waals surface area (Å²) in [6.07, 6.45) is 3.16. The second-order valence-electron chi connectivity index (χ2n) is 6.03. The molecule has 0 aliphatic heterocycles. The van der Waals surface area contributed by atoms with Gasteiger partial charge in [0, 0.05) is 17.8 Å². The maximum Gasteiger partial charge on any atom is 0.248 e. The van der Waals surface area contributed by atoms with Crippen molar-refractivity contribution in [2.75, 3.05) is 5.32 Å². The van der Waals surface area contributed by atoms with Crippen molar-refractivity contribution in [1.29, 1.82) is 0 Å². The standard InChI is InChI=1S/C19H22N2O3S/c1-14(2)21-25(23,24)18-11-9-17(10-12-18)20-19(22)13-8-16-6-4-15(3)5-7-16/h4-14,21H,1-3H3,(H,20,22)/b13-8+. The summed E-state index contributed by atoms with van der Waals surface area (Å²) in [5.41, 5.74) is 2.62. The largest absolute Gasteiger partial charge is 0.323 e. The first-order valence-corrected chi connectivity index (χ1v) is 9.43. The number of sulfonamides is 1. The predicted octanol–water partition coefficient (Wildman–Crippen LogP) is 3.33. The molecule has 5 nitrogen and oxygen atoms in total. The Morgan fingerprint density at radius 2 is 1.60 bits per heavy atom. The third-order valence-corrected chi connectivity index (χ3v) is 5.00. The van der Waals surface area contributed by atoms with Gasteiger partial charge in [0.2, 0.25) is 15.9 Å². The number of benzene rings is 2. The predicted molar refractivity (Wildman–Crippen MR) is 101 cm³/mol. The van der Waals surface area contributed by atoms with Crippen molar-refractivity contribution in [2.45, 2.75) is 31.7 Å². The van der Waals surface area contributed by atoms with Gasteiger partial charge in [0.05, 0.1) is 4.90 Å². The average Bonchev–Trinajstić information content (AvgIpc) is 2.54. The van der Waals surface area contributed by atoms with Crippen LogP contribution in [0.2, 0.25) is 0 Å². The van der Waals surface area contributed by atoms with Crippen LogP contribution in [0.3, 0.4) is 0 Å². The van der Waals surface area contributed by atoms with Gasteiger partial charge in [0.1, 0.15) is 0 Å². The van der Waals surface area contributed by atoms with E-state index in [0.717, 1.165) is 11.1 Å². The summed E-state index contributed by atoms with van der Waals surface area (Å²) in [6, 6.07) is 13.7. The molecule has 0 saturated carbocycles. The average molecular weight is 358 g/mol. The van der Waals surface area contributed by atoms with Crippen molar-refractivity contribution >= 4 is 27.7 Å². The quantitative estimate of drug-likeness (QED) is 0.778. The topological polar surface area (TPSA) is 75.3 Å². The number of carbonyl (C=O) groups is 1. The highest BCUT2D eigenvalue weighted by Crippen LogP contribution is 2.14. The van der Waals surface area contributed by atoms with Gasteiger partial charge in [-0.05, 0) is 56.7 Å². The normalized spacial score (nSPS) is 11.8.